The Balaban J connectivity index is 1.50. The number of hydrogen-bond donors (Lipinski definition) is 1. The maximum Gasteiger partial charge on any atom is 0.264 e. The first kappa shape index (κ1) is 24.6. The molecule has 184 valence electrons. The molecule has 0 bridgehead atoms. The molecule has 1 saturated heterocycles. The summed E-state index contributed by atoms with van der Waals surface area (Å²) < 4.78 is 33.4. The molecule has 0 aliphatic carbocycles. The molecule has 1 amide bonds. The molecule has 0 saturated carbocycles. The molecule has 0 aromatic heterocycles. The van der Waals surface area contributed by atoms with Crippen molar-refractivity contribution in [3.8, 4) is 5.75 Å². The van der Waals surface area contributed by atoms with Gasteiger partial charge >= 0.3 is 0 Å². The van der Waals surface area contributed by atoms with Crippen LogP contribution in [0.15, 0.2) is 77.7 Å². The summed E-state index contributed by atoms with van der Waals surface area (Å²) in [6.07, 6.45) is 2.43. The Morgan fingerprint density at radius 3 is 2.34 bits per heavy atom. The summed E-state index contributed by atoms with van der Waals surface area (Å²) in [7, 11) is -2.46. The Labute approximate surface area is 207 Å². The Morgan fingerprint density at radius 1 is 1.00 bits per heavy atom. The van der Waals surface area contributed by atoms with Gasteiger partial charge in [0.1, 0.15) is 12.3 Å². The van der Waals surface area contributed by atoms with Crippen molar-refractivity contribution in [3.63, 3.8) is 0 Å². The monoisotopic (exact) mass is 493 g/mol. The molecule has 35 heavy (non-hydrogen) atoms. The van der Waals surface area contributed by atoms with Gasteiger partial charge in [0.2, 0.25) is 5.91 Å². The van der Waals surface area contributed by atoms with E-state index in [9.17, 15) is 13.2 Å². The largest absolute Gasteiger partial charge is 0.497 e. The van der Waals surface area contributed by atoms with Gasteiger partial charge in [0.05, 0.1) is 17.7 Å². The highest BCUT2D eigenvalue weighted by atomic mass is 32.2. The van der Waals surface area contributed by atoms with Crippen molar-refractivity contribution in [1.82, 2.24) is 5.32 Å². The molecule has 4 rings (SSSR count). The number of hydrogen-bond acceptors (Lipinski definition) is 5. The highest BCUT2D eigenvalue weighted by Gasteiger charge is 2.27. The first-order valence-electron chi connectivity index (χ1n) is 11.7. The fourth-order valence-corrected chi connectivity index (χ4v) is 5.52. The first-order valence-corrected chi connectivity index (χ1v) is 13.1. The molecule has 3 aromatic carbocycles. The van der Waals surface area contributed by atoms with E-state index in [1.165, 1.54) is 25.6 Å². The van der Waals surface area contributed by atoms with Gasteiger partial charge in [-0.25, -0.2) is 8.42 Å². The number of benzene rings is 3. The minimum absolute atomic E-state index is 0.122. The van der Waals surface area contributed by atoms with Crippen molar-refractivity contribution >= 4 is 27.3 Å². The van der Waals surface area contributed by atoms with E-state index >= 15 is 0 Å². The van der Waals surface area contributed by atoms with Crippen LogP contribution in [0, 0.1) is 6.92 Å². The molecular weight excluding hydrogens is 462 g/mol. The van der Waals surface area contributed by atoms with Gasteiger partial charge in [-0.05, 0) is 61.7 Å². The van der Waals surface area contributed by atoms with Gasteiger partial charge in [0.15, 0.2) is 0 Å². The molecule has 8 heteroatoms. The van der Waals surface area contributed by atoms with Gasteiger partial charge in [0, 0.05) is 31.4 Å². The van der Waals surface area contributed by atoms with Crippen molar-refractivity contribution in [2.75, 3.05) is 35.9 Å². The number of ether oxygens (including phenoxy) is 1. The lowest BCUT2D eigenvalue weighted by Crippen LogP contribution is -2.40. The van der Waals surface area contributed by atoms with Crippen molar-refractivity contribution in [2.45, 2.75) is 31.2 Å². The molecule has 1 aliphatic heterocycles. The van der Waals surface area contributed by atoms with E-state index < -0.39 is 15.9 Å². The standard InChI is InChI=1S/C27H31N3O4S/c1-21-8-14-26(15-9-21)35(32,33)30(24-6-5-7-25(18-24)34-2)20-27(31)28-19-22-10-12-23(13-11-22)29-16-3-4-17-29/h5-15,18H,3-4,16-17,19-20H2,1-2H3,(H,28,31). The topological polar surface area (TPSA) is 79.0 Å². The summed E-state index contributed by atoms with van der Waals surface area (Å²) in [5.74, 6) is 0.109. The highest BCUT2D eigenvalue weighted by molar-refractivity contribution is 7.92. The minimum Gasteiger partial charge on any atom is -0.497 e. The Morgan fingerprint density at radius 2 is 1.69 bits per heavy atom. The predicted octanol–water partition coefficient (Wildman–Crippen LogP) is 4.12. The zero-order chi connectivity index (χ0) is 24.8. The van der Waals surface area contributed by atoms with Crippen molar-refractivity contribution in [2.24, 2.45) is 0 Å². The second kappa shape index (κ2) is 10.8. The molecule has 1 fully saturated rings. The second-order valence-electron chi connectivity index (χ2n) is 8.66. The van der Waals surface area contributed by atoms with Crippen LogP contribution in [0.1, 0.15) is 24.0 Å². The van der Waals surface area contributed by atoms with Gasteiger partial charge in [-0.15, -0.1) is 0 Å². The molecule has 1 aliphatic rings. The molecule has 1 heterocycles. The third kappa shape index (κ3) is 5.95. The van der Waals surface area contributed by atoms with Crippen LogP contribution in [0.2, 0.25) is 0 Å². The van der Waals surface area contributed by atoms with E-state index in [-0.39, 0.29) is 11.4 Å². The number of rotatable bonds is 9. The molecule has 0 unspecified atom stereocenters. The van der Waals surface area contributed by atoms with Gasteiger partial charge in [0.25, 0.3) is 10.0 Å². The van der Waals surface area contributed by atoms with E-state index in [0.717, 1.165) is 28.5 Å². The minimum atomic E-state index is -3.98. The van der Waals surface area contributed by atoms with Crippen LogP contribution in [0.4, 0.5) is 11.4 Å². The van der Waals surface area contributed by atoms with Crippen LogP contribution in [-0.2, 0) is 21.4 Å². The van der Waals surface area contributed by atoms with E-state index in [1.807, 2.05) is 19.1 Å². The molecule has 7 nitrogen and oxygen atoms in total. The zero-order valence-corrected chi connectivity index (χ0v) is 20.9. The predicted molar refractivity (Wildman–Crippen MR) is 138 cm³/mol. The maximum atomic E-state index is 13.5. The van der Waals surface area contributed by atoms with Crippen molar-refractivity contribution < 1.29 is 17.9 Å². The van der Waals surface area contributed by atoms with Crippen molar-refractivity contribution in [1.29, 1.82) is 0 Å². The van der Waals surface area contributed by atoms with Crippen LogP contribution in [0.25, 0.3) is 0 Å². The van der Waals surface area contributed by atoms with Crippen LogP contribution in [0.3, 0.4) is 0 Å². The van der Waals surface area contributed by atoms with Crippen LogP contribution >= 0.6 is 0 Å². The van der Waals surface area contributed by atoms with E-state index in [0.29, 0.717) is 18.0 Å². The summed E-state index contributed by atoms with van der Waals surface area (Å²) in [5.41, 5.74) is 3.45. The number of anilines is 2. The number of aryl methyl sites for hydroxylation is 1. The van der Waals surface area contributed by atoms with E-state index in [2.05, 4.69) is 22.3 Å². The third-order valence-electron chi connectivity index (χ3n) is 6.13. The summed E-state index contributed by atoms with van der Waals surface area (Å²) in [4.78, 5) is 15.4. The van der Waals surface area contributed by atoms with Gasteiger partial charge < -0.3 is 15.0 Å². The average molecular weight is 494 g/mol. The summed E-state index contributed by atoms with van der Waals surface area (Å²) in [6, 6.07) is 21.4. The zero-order valence-electron chi connectivity index (χ0n) is 20.1. The SMILES string of the molecule is COc1cccc(N(CC(=O)NCc2ccc(N3CCCC3)cc2)S(=O)(=O)c2ccc(C)cc2)c1. The number of nitrogens with one attached hydrogen (secondary N) is 1. The van der Waals surface area contributed by atoms with Gasteiger partial charge in [-0.3, -0.25) is 9.10 Å². The van der Waals surface area contributed by atoms with Crippen LogP contribution < -0.4 is 19.3 Å². The average Bonchev–Trinajstić information content (AvgIpc) is 3.42. The number of nitrogens with zero attached hydrogens (tertiary/aromatic N) is 2. The highest BCUT2D eigenvalue weighted by Crippen LogP contribution is 2.27. The Bertz CT molecular complexity index is 1250. The van der Waals surface area contributed by atoms with Crippen LogP contribution in [-0.4, -0.2) is 41.1 Å². The van der Waals surface area contributed by atoms with Crippen LogP contribution in [0.5, 0.6) is 5.75 Å². The summed E-state index contributed by atoms with van der Waals surface area (Å²) in [6.45, 7) is 4.00. The van der Waals surface area contributed by atoms with E-state index in [1.54, 1.807) is 48.5 Å². The first-order chi connectivity index (χ1) is 16.9. The second-order valence-corrected chi connectivity index (χ2v) is 10.5. The van der Waals surface area contributed by atoms with Crippen molar-refractivity contribution in [3.05, 3.63) is 83.9 Å². The number of methoxy groups -OCH3 is 1. The lowest BCUT2D eigenvalue weighted by molar-refractivity contribution is -0.119. The molecule has 3 aromatic rings. The van der Waals surface area contributed by atoms with E-state index in [4.69, 9.17) is 4.74 Å². The molecule has 1 N–H and O–H groups in total. The summed E-state index contributed by atoms with van der Waals surface area (Å²) in [5, 5.41) is 2.86. The van der Waals surface area contributed by atoms with Gasteiger partial charge in [-0.2, -0.15) is 0 Å². The molecular formula is C27H31N3O4S. The molecule has 0 spiro atoms. The number of sulfonamides is 1. The molecule has 0 atom stereocenters. The summed E-state index contributed by atoms with van der Waals surface area (Å²) >= 11 is 0. The normalized spacial score (nSPS) is 13.5. The smallest absolute Gasteiger partial charge is 0.264 e. The lowest BCUT2D eigenvalue weighted by Gasteiger charge is -2.24. The van der Waals surface area contributed by atoms with Gasteiger partial charge in [-0.1, -0.05) is 35.9 Å². The Kier molecular flexibility index (Phi) is 7.60. The molecule has 0 radical (unpaired) electrons. The number of carbonyl (C=O) groups is 1. The Hall–Kier alpha value is -3.52. The third-order valence-corrected chi connectivity index (χ3v) is 7.92. The fourth-order valence-electron chi connectivity index (χ4n) is 4.11. The fraction of sp³-hybridized carbons (Fsp3) is 0.296. The number of amides is 1. The quantitative estimate of drug-likeness (QED) is 0.485. The number of carbonyl (C=O) groups excluding carboxylic acids is 1. The lowest BCUT2D eigenvalue weighted by atomic mass is 10.2. The maximum absolute atomic E-state index is 13.5.